The summed E-state index contributed by atoms with van der Waals surface area (Å²) < 4.78 is 1.71. The molecule has 0 saturated heterocycles. The number of thioether (sulfide) groups is 1. The molecular weight excluding hydrogens is 290 g/mol. The van der Waals surface area contributed by atoms with Crippen molar-refractivity contribution in [1.29, 1.82) is 0 Å². The molecule has 0 spiro atoms. The van der Waals surface area contributed by atoms with Crippen LogP contribution in [0.3, 0.4) is 0 Å². The number of carbonyl (C=O) groups excluding carboxylic acids is 1. The van der Waals surface area contributed by atoms with E-state index in [1.807, 2.05) is 30.5 Å². The molecule has 2 N–H and O–H groups in total. The predicted octanol–water partition coefficient (Wildman–Crippen LogP) is 1.36. The standard InChI is InChI=1S/C14H17N3O3S/c1-21-7-6-11(14(19)20)16-13(18)8-17-9-15-10-4-2-3-5-12(10)17/h2-5,9,11H,6-8H2,1H3,(H,16,18)(H,19,20)/t11-/m0/s1. The highest BCUT2D eigenvalue weighted by Crippen LogP contribution is 2.11. The van der Waals surface area contributed by atoms with E-state index >= 15 is 0 Å². The quantitative estimate of drug-likeness (QED) is 0.807. The molecule has 1 heterocycles. The number of nitrogens with zero attached hydrogens (tertiary/aromatic N) is 2. The average Bonchev–Trinajstić information content (AvgIpc) is 2.86. The number of carboxylic acid groups (broad SMARTS) is 1. The van der Waals surface area contributed by atoms with Crippen LogP contribution in [0, 0.1) is 0 Å². The summed E-state index contributed by atoms with van der Waals surface area (Å²) in [5.74, 6) is -0.648. The van der Waals surface area contributed by atoms with E-state index in [1.54, 1.807) is 22.7 Å². The van der Waals surface area contributed by atoms with Gasteiger partial charge in [0.1, 0.15) is 12.6 Å². The van der Waals surface area contributed by atoms with Crippen molar-refractivity contribution < 1.29 is 14.7 Å². The summed E-state index contributed by atoms with van der Waals surface area (Å²) in [4.78, 5) is 27.3. The molecular formula is C14H17N3O3S. The van der Waals surface area contributed by atoms with Crippen molar-refractivity contribution in [2.45, 2.75) is 19.0 Å². The second-order valence-corrected chi connectivity index (χ2v) is 5.59. The van der Waals surface area contributed by atoms with Crippen molar-refractivity contribution in [3.63, 3.8) is 0 Å². The smallest absolute Gasteiger partial charge is 0.326 e. The predicted molar refractivity (Wildman–Crippen MR) is 82.3 cm³/mol. The highest BCUT2D eigenvalue weighted by Gasteiger charge is 2.19. The Morgan fingerprint density at radius 1 is 1.43 bits per heavy atom. The number of hydrogen-bond donors (Lipinski definition) is 2. The van der Waals surface area contributed by atoms with Gasteiger partial charge in [-0.2, -0.15) is 11.8 Å². The van der Waals surface area contributed by atoms with Crippen molar-refractivity contribution in [3.8, 4) is 0 Å². The molecule has 21 heavy (non-hydrogen) atoms. The van der Waals surface area contributed by atoms with E-state index in [0.717, 1.165) is 11.0 Å². The van der Waals surface area contributed by atoms with Crippen LogP contribution in [0.2, 0.25) is 0 Å². The molecule has 1 amide bonds. The second-order valence-electron chi connectivity index (χ2n) is 4.60. The van der Waals surface area contributed by atoms with Crippen LogP contribution in [0.15, 0.2) is 30.6 Å². The third-order valence-corrected chi connectivity index (χ3v) is 3.73. The van der Waals surface area contributed by atoms with Crippen molar-refractivity contribution in [2.24, 2.45) is 0 Å². The second kappa shape index (κ2) is 7.12. The maximum Gasteiger partial charge on any atom is 0.326 e. The number of aliphatic carboxylic acids is 1. The molecule has 0 saturated carbocycles. The minimum atomic E-state index is -1.01. The Bertz CT molecular complexity index is 641. The lowest BCUT2D eigenvalue weighted by atomic mass is 10.2. The van der Waals surface area contributed by atoms with Gasteiger partial charge in [-0.05, 0) is 30.6 Å². The summed E-state index contributed by atoms with van der Waals surface area (Å²) in [6.07, 6.45) is 3.90. The molecule has 7 heteroatoms. The normalized spacial score (nSPS) is 12.2. The first-order chi connectivity index (χ1) is 10.1. The Labute approximate surface area is 126 Å². The average molecular weight is 307 g/mol. The molecule has 0 aliphatic rings. The summed E-state index contributed by atoms with van der Waals surface area (Å²) in [7, 11) is 0. The van der Waals surface area contributed by atoms with Crippen LogP contribution in [-0.2, 0) is 16.1 Å². The summed E-state index contributed by atoms with van der Waals surface area (Å²) >= 11 is 1.55. The Kier molecular flexibility index (Phi) is 5.21. The molecule has 1 aromatic heterocycles. The van der Waals surface area contributed by atoms with Crippen molar-refractivity contribution in [2.75, 3.05) is 12.0 Å². The summed E-state index contributed by atoms with van der Waals surface area (Å²) in [6, 6.07) is 6.64. The topological polar surface area (TPSA) is 84.2 Å². The Hall–Kier alpha value is -2.02. The van der Waals surface area contributed by atoms with Gasteiger partial charge in [0.2, 0.25) is 5.91 Å². The maximum atomic E-state index is 12.0. The Morgan fingerprint density at radius 3 is 2.90 bits per heavy atom. The molecule has 0 unspecified atom stereocenters. The van der Waals surface area contributed by atoms with Gasteiger partial charge >= 0.3 is 5.97 Å². The molecule has 1 aromatic carbocycles. The number of nitrogens with one attached hydrogen (secondary N) is 1. The van der Waals surface area contributed by atoms with E-state index in [0.29, 0.717) is 12.2 Å². The number of fused-ring (bicyclic) bond motifs is 1. The van der Waals surface area contributed by atoms with Gasteiger partial charge in [-0.1, -0.05) is 12.1 Å². The highest BCUT2D eigenvalue weighted by molar-refractivity contribution is 7.98. The number of hydrogen-bond acceptors (Lipinski definition) is 4. The molecule has 0 radical (unpaired) electrons. The van der Waals surface area contributed by atoms with Crippen LogP contribution in [-0.4, -0.2) is 44.6 Å². The molecule has 0 aliphatic heterocycles. The van der Waals surface area contributed by atoms with Crippen LogP contribution in [0.1, 0.15) is 6.42 Å². The van der Waals surface area contributed by atoms with Gasteiger partial charge in [0.15, 0.2) is 0 Å². The zero-order valence-corrected chi connectivity index (χ0v) is 12.5. The molecule has 1 atom stereocenters. The molecule has 0 fully saturated rings. The third kappa shape index (κ3) is 3.98. The van der Waals surface area contributed by atoms with Crippen LogP contribution >= 0.6 is 11.8 Å². The molecule has 112 valence electrons. The fourth-order valence-corrected chi connectivity index (χ4v) is 2.50. The zero-order valence-electron chi connectivity index (χ0n) is 11.7. The minimum absolute atomic E-state index is 0.0591. The van der Waals surface area contributed by atoms with Gasteiger partial charge < -0.3 is 15.0 Å². The molecule has 2 aromatic rings. The van der Waals surface area contributed by atoms with E-state index in [1.165, 1.54) is 0 Å². The van der Waals surface area contributed by atoms with Crippen LogP contribution in [0.25, 0.3) is 11.0 Å². The number of benzene rings is 1. The number of carboxylic acids is 1. The number of aromatic nitrogens is 2. The zero-order chi connectivity index (χ0) is 15.2. The van der Waals surface area contributed by atoms with Gasteiger partial charge in [0, 0.05) is 0 Å². The fourth-order valence-electron chi connectivity index (χ4n) is 2.02. The summed E-state index contributed by atoms with van der Waals surface area (Å²) in [6.45, 7) is 0.0591. The monoisotopic (exact) mass is 307 g/mol. The molecule has 0 aliphatic carbocycles. The first-order valence-electron chi connectivity index (χ1n) is 6.53. The lowest BCUT2D eigenvalue weighted by Crippen LogP contribution is -2.42. The lowest BCUT2D eigenvalue weighted by molar-refractivity contribution is -0.141. The third-order valence-electron chi connectivity index (χ3n) is 3.09. The molecule has 0 bridgehead atoms. The minimum Gasteiger partial charge on any atom is -0.480 e. The SMILES string of the molecule is CSCC[C@H](NC(=O)Cn1cnc2ccccc21)C(=O)O. The number of imidazole rings is 1. The fraction of sp³-hybridized carbons (Fsp3) is 0.357. The lowest BCUT2D eigenvalue weighted by Gasteiger charge is -2.14. The van der Waals surface area contributed by atoms with Crippen LogP contribution in [0.4, 0.5) is 0 Å². The number of amides is 1. The van der Waals surface area contributed by atoms with E-state index in [4.69, 9.17) is 5.11 Å². The van der Waals surface area contributed by atoms with E-state index in [-0.39, 0.29) is 12.5 Å². The van der Waals surface area contributed by atoms with E-state index in [2.05, 4.69) is 10.3 Å². The van der Waals surface area contributed by atoms with Gasteiger partial charge in [-0.15, -0.1) is 0 Å². The van der Waals surface area contributed by atoms with E-state index in [9.17, 15) is 9.59 Å². The van der Waals surface area contributed by atoms with Crippen molar-refractivity contribution in [1.82, 2.24) is 14.9 Å². The van der Waals surface area contributed by atoms with Gasteiger partial charge in [-0.25, -0.2) is 9.78 Å². The van der Waals surface area contributed by atoms with Crippen LogP contribution in [0.5, 0.6) is 0 Å². The van der Waals surface area contributed by atoms with E-state index < -0.39 is 12.0 Å². The first-order valence-corrected chi connectivity index (χ1v) is 7.92. The van der Waals surface area contributed by atoms with Gasteiger partial charge in [0.25, 0.3) is 0 Å². The summed E-state index contributed by atoms with van der Waals surface area (Å²) in [5.41, 5.74) is 1.66. The maximum absolute atomic E-state index is 12.0. The van der Waals surface area contributed by atoms with Crippen molar-refractivity contribution >= 4 is 34.7 Å². The van der Waals surface area contributed by atoms with Gasteiger partial charge in [-0.3, -0.25) is 4.79 Å². The first kappa shape index (κ1) is 15.4. The molecule has 6 nitrogen and oxygen atoms in total. The number of rotatable bonds is 7. The van der Waals surface area contributed by atoms with Crippen LogP contribution < -0.4 is 5.32 Å². The Morgan fingerprint density at radius 2 is 2.19 bits per heavy atom. The Balaban J connectivity index is 2.02. The summed E-state index contributed by atoms with van der Waals surface area (Å²) in [5, 5.41) is 11.7. The number of para-hydroxylation sites is 2. The molecule has 2 rings (SSSR count). The van der Waals surface area contributed by atoms with Gasteiger partial charge in [0.05, 0.1) is 17.4 Å². The largest absolute Gasteiger partial charge is 0.480 e. The highest BCUT2D eigenvalue weighted by atomic mass is 32.2. The van der Waals surface area contributed by atoms with Crippen molar-refractivity contribution in [3.05, 3.63) is 30.6 Å². The number of carbonyl (C=O) groups is 2.